The lowest BCUT2D eigenvalue weighted by atomic mass is 9.89. The van der Waals surface area contributed by atoms with E-state index in [-0.39, 0.29) is 28.9 Å². The Hall–Kier alpha value is -4.02. The number of likely N-dealkylation sites (tertiary alicyclic amines) is 1. The second-order valence-corrected chi connectivity index (χ2v) is 8.86. The number of nitrogens with zero attached hydrogens (tertiary/aromatic N) is 6. The van der Waals surface area contributed by atoms with Crippen LogP contribution in [0, 0.1) is 24.0 Å². The average molecular weight is 481 g/mol. The highest BCUT2D eigenvalue weighted by Gasteiger charge is 2.35. The van der Waals surface area contributed by atoms with E-state index in [1.165, 1.54) is 18.7 Å². The summed E-state index contributed by atoms with van der Waals surface area (Å²) in [5, 5.41) is 15.6. The van der Waals surface area contributed by atoms with Crippen LogP contribution < -0.4 is 0 Å². The maximum absolute atomic E-state index is 13.3. The van der Waals surface area contributed by atoms with Crippen molar-refractivity contribution in [2.75, 3.05) is 20.1 Å². The molecule has 0 saturated carbocycles. The molecule has 1 fully saturated rings. The highest BCUT2D eigenvalue weighted by atomic mass is 16.6. The van der Waals surface area contributed by atoms with Gasteiger partial charge >= 0.3 is 5.69 Å². The Morgan fingerprint density at radius 1 is 1.23 bits per heavy atom. The van der Waals surface area contributed by atoms with Crippen LogP contribution in [-0.2, 0) is 13.6 Å². The summed E-state index contributed by atoms with van der Waals surface area (Å²) in [5.74, 6) is 0.111. The highest BCUT2D eigenvalue weighted by Crippen LogP contribution is 2.32. The first-order valence-electron chi connectivity index (χ1n) is 11.4. The Labute approximate surface area is 202 Å². The molecule has 0 spiro atoms. The predicted octanol–water partition coefficient (Wildman–Crippen LogP) is 3.23. The number of hydrogen-bond acceptors (Lipinski definition) is 7. The quantitative estimate of drug-likeness (QED) is 0.391. The van der Waals surface area contributed by atoms with Crippen LogP contribution in [0.5, 0.6) is 0 Å². The van der Waals surface area contributed by atoms with E-state index in [9.17, 15) is 19.7 Å². The molecule has 11 heteroatoms. The monoisotopic (exact) mass is 480 g/mol. The van der Waals surface area contributed by atoms with Crippen LogP contribution in [0.4, 0.5) is 5.69 Å². The summed E-state index contributed by atoms with van der Waals surface area (Å²) in [5.41, 5.74) is 2.00. The summed E-state index contributed by atoms with van der Waals surface area (Å²) in [6.07, 6.45) is 2.76. The normalized spacial score (nSPS) is 14.2. The Kier molecular flexibility index (Phi) is 6.68. The summed E-state index contributed by atoms with van der Waals surface area (Å²) in [6.45, 7) is 4.54. The number of piperidine rings is 1. The molecule has 3 aromatic heterocycles. The van der Waals surface area contributed by atoms with Crippen molar-refractivity contribution in [3.05, 3.63) is 74.7 Å². The molecule has 1 saturated heterocycles. The Bertz CT molecular complexity index is 1260. The third kappa shape index (κ3) is 4.79. The molecule has 0 bridgehead atoms. The molecule has 0 aromatic carbocycles. The van der Waals surface area contributed by atoms with E-state index in [1.807, 2.05) is 19.1 Å². The van der Waals surface area contributed by atoms with E-state index in [1.54, 1.807) is 35.2 Å². The predicted molar refractivity (Wildman–Crippen MR) is 126 cm³/mol. The molecule has 184 valence electrons. The third-order valence-corrected chi connectivity index (χ3v) is 6.36. The fourth-order valence-corrected chi connectivity index (χ4v) is 4.59. The Morgan fingerprint density at radius 2 is 1.94 bits per heavy atom. The molecule has 3 aromatic rings. The van der Waals surface area contributed by atoms with Crippen molar-refractivity contribution in [3.63, 3.8) is 0 Å². The smallest absolute Gasteiger partial charge is 0.322 e. The molecule has 4 rings (SSSR count). The van der Waals surface area contributed by atoms with Crippen LogP contribution in [0.3, 0.4) is 0 Å². The number of hydrogen-bond donors (Lipinski definition) is 0. The van der Waals surface area contributed by atoms with Gasteiger partial charge in [0.25, 0.3) is 11.8 Å². The molecule has 2 amide bonds. The second kappa shape index (κ2) is 9.69. The van der Waals surface area contributed by atoms with E-state index in [0.717, 1.165) is 11.4 Å². The van der Waals surface area contributed by atoms with Crippen LogP contribution in [0.2, 0.25) is 0 Å². The summed E-state index contributed by atoms with van der Waals surface area (Å²) >= 11 is 0. The minimum atomic E-state index is -0.559. The minimum Gasteiger partial charge on any atom is -0.467 e. The van der Waals surface area contributed by atoms with Gasteiger partial charge in [0.15, 0.2) is 0 Å². The van der Waals surface area contributed by atoms with Gasteiger partial charge in [-0.1, -0.05) is 0 Å². The standard InChI is InChI=1S/C24H28N6O5/c1-15-7-8-19(23(31)27(3)14-18-6-5-13-35-18)20(25-15)17-9-11-29(12-10-17)24(32)22-21(30(33)34)16(2)26-28(22)4/h5-8,13,17H,9-12,14H2,1-4H3. The maximum Gasteiger partial charge on any atom is 0.322 e. The van der Waals surface area contributed by atoms with Gasteiger partial charge in [0, 0.05) is 38.8 Å². The maximum atomic E-state index is 13.3. The zero-order valence-electron chi connectivity index (χ0n) is 20.2. The van der Waals surface area contributed by atoms with Crippen molar-refractivity contribution in [1.29, 1.82) is 0 Å². The molecule has 0 atom stereocenters. The van der Waals surface area contributed by atoms with Crippen molar-refractivity contribution in [2.24, 2.45) is 7.05 Å². The fraction of sp³-hybridized carbons (Fsp3) is 0.417. The van der Waals surface area contributed by atoms with Gasteiger partial charge in [0.05, 0.1) is 29.0 Å². The van der Waals surface area contributed by atoms with Crippen LogP contribution in [-0.4, -0.2) is 61.4 Å². The number of carbonyl (C=O) groups is 2. The molecular formula is C24H28N6O5. The number of furan rings is 1. The number of carbonyl (C=O) groups excluding carboxylic acids is 2. The fourth-order valence-electron chi connectivity index (χ4n) is 4.59. The number of aryl methyl sites for hydroxylation is 3. The molecule has 1 aliphatic heterocycles. The molecule has 4 heterocycles. The van der Waals surface area contributed by atoms with Gasteiger partial charge in [-0.05, 0) is 51.0 Å². The molecule has 0 aliphatic carbocycles. The van der Waals surface area contributed by atoms with Crippen LogP contribution >= 0.6 is 0 Å². The van der Waals surface area contributed by atoms with Gasteiger partial charge in [-0.15, -0.1) is 0 Å². The Morgan fingerprint density at radius 3 is 2.57 bits per heavy atom. The summed E-state index contributed by atoms with van der Waals surface area (Å²) in [6, 6.07) is 7.22. The van der Waals surface area contributed by atoms with Crippen molar-refractivity contribution in [2.45, 2.75) is 39.2 Å². The second-order valence-electron chi connectivity index (χ2n) is 8.86. The van der Waals surface area contributed by atoms with Gasteiger partial charge < -0.3 is 14.2 Å². The lowest BCUT2D eigenvalue weighted by molar-refractivity contribution is -0.385. The minimum absolute atomic E-state index is 0.0156. The molecule has 35 heavy (non-hydrogen) atoms. The van der Waals surface area contributed by atoms with Crippen LogP contribution in [0.1, 0.15) is 62.4 Å². The summed E-state index contributed by atoms with van der Waals surface area (Å²) < 4.78 is 6.64. The third-order valence-electron chi connectivity index (χ3n) is 6.36. The zero-order valence-corrected chi connectivity index (χ0v) is 20.2. The van der Waals surface area contributed by atoms with Crippen molar-refractivity contribution in [3.8, 4) is 0 Å². The van der Waals surface area contributed by atoms with Crippen molar-refractivity contribution in [1.82, 2.24) is 24.6 Å². The largest absolute Gasteiger partial charge is 0.467 e. The number of aromatic nitrogens is 3. The van der Waals surface area contributed by atoms with Crippen LogP contribution in [0.15, 0.2) is 34.9 Å². The first-order chi connectivity index (χ1) is 16.7. The number of nitro groups is 1. The first kappa shape index (κ1) is 24.1. The molecule has 1 aliphatic rings. The number of rotatable bonds is 6. The van der Waals surface area contributed by atoms with Gasteiger partial charge in [0.1, 0.15) is 11.5 Å². The first-order valence-corrected chi connectivity index (χ1v) is 11.4. The van der Waals surface area contributed by atoms with Crippen molar-refractivity contribution >= 4 is 17.5 Å². The van der Waals surface area contributed by atoms with Gasteiger partial charge in [0.2, 0.25) is 5.69 Å². The van der Waals surface area contributed by atoms with E-state index in [0.29, 0.717) is 43.8 Å². The SMILES string of the molecule is Cc1ccc(C(=O)N(C)Cc2ccco2)c(C2CCN(C(=O)c3c([N+](=O)[O-])c(C)nn3C)CC2)n1. The number of pyridine rings is 1. The number of amides is 2. The molecule has 0 radical (unpaired) electrons. The summed E-state index contributed by atoms with van der Waals surface area (Å²) in [4.78, 5) is 45.2. The summed E-state index contributed by atoms with van der Waals surface area (Å²) in [7, 11) is 3.26. The van der Waals surface area contributed by atoms with Crippen molar-refractivity contribution < 1.29 is 18.9 Å². The molecule has 0 N–H and O–H groups in total. The lowest BCUT2D eigenvalue weighted by Crippen LogP contribution is -2.39. The average Bonchev–Trinajstić information content (AvgIpc) is 3.44. The van der Waals surface area contributed by atoms with E-state index in [2.05, 4.69) is 5.10 Å². The van der Waals surface area contributed by atoms with Gasteiger partial charge in [-0.3, -0.25) is 29.4 Å². The molecule has 0 unspecified atom stereocenters. The highest BCUT2D eigenvalue weighted by molar-refractivity contribution is 5.97. The molecular weight excluding hydrogens is 452 g/mol. The van der Waals surface area contributed by atoms with Gasteiger partial charge in [-0.2, -0.15) is 5.10 Å². The lowest BCUT2D eigenvalue weighted by Gasteiger charge is -2.32. The topological polar surface area (TPSA) is 128 Å². The Balaban J connectivity index is 1.51. The molecule has 11 nitrogen and oxygen atoms in total. The van der Waals surface area contributed by atoms with Gasteiger partial charge in [-0.25, -0.2) is 0 Å². The van der Waals surface area contributed by atoms with E-state index in [4.69, 9.17) is 9.40 Å². The van der Waals surface area contributed by atoms with E-state index < -0.39 is 10.8 Å². The van der Waals surface area contributed by atoms with Crippen LogP contribution in [0.25, 0.3) is 0 Å². The zero-order chi connectivity index (χ0) is 25.3. The van der Waals surface area contributed by atoms with E-state index >= 15 is 0 Å².